The summed E-state index contributed by atoms with van der Waals surface area (Å²) in [4.78, 5) is 10.1. The molecule has 1 N–H and O–H groups in total. The quantitative estimate of drug-likeness (QED) is 0.647. The van der Waals surface area contributed by atoms with Crippen molar-refractivity contribution in [2.45, 2.75) is 18.2 Å². The maximum absolute atomic E-state index is 13.1. The molecular weight excluding hydrogens is 323 g/mol. The Bertz CT molecular complexity index is 837. The molecule has 6 nitrogen and oxygen atoms in total. The summed E-state index contributed by atoms with van der Waals surface area (Å²) in [6.07, 6.45) is 0.310. The Morgan fingerprint density at radius 2 is 1.91 bits per heavy atom. The highest BCUT2D eigenvalue weighted by Gasteiger charge is 2.22. The van der Waals surface area contributed by atoms with Crippen molar-refractivity contribution in [3.63, 3.8) is 0 Å². The van der Waals surface area contributed by atoms with Gasteiger partial charge in [0.2, 0.25) is 10.0 Å². The Kier molecular flexibility index (Phi) is 5.07. The van der Waals surface area contributed by atoms with E-state index in [1.54, 1.807) is 12.1 Å². The Hall–Kier alpha value is -2.32. The highest BCUT2D eigenvalue weighted by Crippen LogP contribution is 2.24. The number of benzene rings is 2. The molecule has 0 unspecified atom stereocenters. The van der Waals surface area contributed by atoms with Crippen molar-refractivity contribution in [3.05, 3.63) is 69.5 Å². The molecule has 8 heteroatoms. The Morgan fingerprint density at radius 3 is 2.57 bits per heavy atom. The van der Waals surface area contributed by atoms with E-state index in [9.17, 15) is 22.9 Å². The van der Waals surface area contributed by atoms with Crippen LogP contribution in [0.2, 0.25) is 0 Å². The van der Waals surface area contributed by atoms with Crippen LogP contribution in [0.5, 0.6) is 0 Å². The molecule has 122 valence electrons. The van der Waals surface area contributed by atoms with E-state index in [0.717, 1.165) is 0 Å². The molecule has 0 spiro atoms. The lowest BCUT2D eigenvalue weighted by atomic mass is 10.1. The minimum atomic E-state index is -3.88. The number of nitro benzene ring substituents is 1. The van der Waals surface area contributed by atoms with E-state index in [-0.39, 0.29) is 28.5 Å². The number of hydrogen-bond acceptors (Lipinski definition) is 4. The number of nitrogens with zero attached hydrogens (tertiary/aromatic N) is 1. The molecule has 0 atom stereocenters. The topological polar surface area (TPSA) is 89.3 Å². The van der Waals surface area contributed by atoms with Crippen molar-refractivity contribution >= 4 is 15.7 Å². The van der Waals surface area contributed by atoms with E-state index in [0.29, 0.717) is 12.0 Å². The molecule has 0 radical (unpaired) electrons. The average Bonchev–Trinajstić information content (AvgIpc) is 2.46. The van der Waals surface area contributed by atoms with Gasteiger partial charge in [-0.25, -0.2) is 17.5 Å². The van der Waals surface area contributed by atoms with Crippen LogP contribution in [0, 0.1) is 22.9 Å². The zero-order valence-electron chi connectivity index (χ0n) is 12.3. The Balaban J connectivity index is 2.13. The predicted octanol–water partition coefficient (Wildman–Crippen LogP) is 2.56. The second-order valence-corrected chi connectivity index (χ2v) is 6.67. The highest BCUT2D eigenvalue weighted by molar-refractivity contribution is 7.89. The summed E-state index contributed by atoms with van der Waals surface area (Å²) >= 11 is 0. The zero-order valence-corrected chi connectivity index (χ0v) is 13.1. The summed E-state index contributed by atoms with van der Waals surface area (Å²) in [6.45, 7) is 1.45. The van der Waals surface area contributed by atoms with Gasteiger partial charge in [0.05, 0.1) is 9.82 Å². The summed E-state index contributed by atoms with van der Waals surface area (Å²) in [5, 5.41) is 10.9. The van der Waals surface area contributed by atoms with Gasteiger partial charge in [-0.2, -0.15) is 0 Å². The number of sulfonamides is 1. The first-order chi connectivity index (χ1) is 10.8. The van der Waals surface area contributed by atoms with E-state index < -0.39 is 14.9 Å². The van der Waals surface area contributed by atoms with Gasteiger partial charge in [-0.1, -0.05) is 18.2 Å². The van der Waals surface area contributed by atoms with Gasteiger partial charge in [0, 0.05) is 18.2 Å². The number of nitrogens with one attached hydrogen (secondary N) is 1. The summed E-state index contributed by atoms with van der Waals surface area (Å²) in [5.74, 6) is -0.389. The molecule has 2 aromatic rings. The van der Waals surface area contributed by atoms with Crippen LogP contribution < -0.4 is 4.72 Å². The molecule has 0 fully saturated rings. The van der Waals surface area contributed by atoms with Crippen molar-refractivity contribution in [3.8, 4) is 0 Å². The summed E-state index contributed by atoms with van der Waals surface area (Å²) < 4.78 is 40.0. The first kappa shape index (κ1) is 17.0. The fraction of sp³-hybridized carbons (Fsp3) is 0.200. The molecular formula is C15H15FN2O4S. The lowest BCUT2D eigenvalue weighted by Gasteiger charge is -2.09. The molecule has 0 aromatic heterocycles. The number of hydrogen-bond donors (Lipinski definition) is 1. The first-order valence-electron chi connectivity index (χ1n) is 6.79. The van der Waals surface area contributed by atoms with E-state index >= 15 is 0 Å². The number of rotatable bonds is 6. The minimum Gasteiger partial charge on any atom is -0.258 e. The smallest absolute Gasteiger partial charge is 0.258 e. The minimum absolute atomic E-state index is 0.0634. The van der Waals surface area contributed by atoms with Crippen LogP contribution in [0.4, 0.5) is 10.1 Å². The Morgan fingerprint density at radius 1 is 1.22 bits per heavy atom. The molecule has 0 aliphatic carbocycles. The largest absolute Gasteiger partial charge is 0.273 e. The van der Waals surface area contributed by atoms with E-state index in [4.69, 9.17) is 0 Å². The van der Waals surface area contributed by atoms with Crippen molar-refractivity contribution in [2.75, 3.05) is 6.54 Å². The molecule has 0 aliphatic heterocycles. The highest BCUT2D eigenvalue weighted by atomic mass is 32.2. The third-order valence-electron chi connectivity index (χ3n) is 3.34. The molecule has 2 rings (SSSR count). The van der Waals surface area contributed by atoms with Crippen molar-refractivity contribution in [1.82, 2.24) is 4.72 Å². The summed E-state index contributed by atoms with van der Waals surface area (Å²) in [7, 11) is -3.88. The maximum atomic E-state index is 13.1. The average molecular weight is 338 g/mol. The molecule has 0 saturated heterocycles. The lowest BCUT2D eigenvalue weighted by molar-refractivity contribution is -0.385. The van der Waals surface area contributed by atoms with Gasteiger partial charge in [-0.15, -0.1) is 0 Å². The van der Waals surface area contributed by atoms with Crippen LogP contribution >= 0.6 is 0 Å². The molecule has 0 heterocycles. The molecule has 0 saturated carbocycles. The third kappa shape index (κ3) is 4.11. The zero-order chi connectivity index (χ0) is 17.0. The monoisotopic (exact) mass is 338 g/mol. The van der Waals surface area contributed by atoms with Crippen LogP contribution in [0.25, 0.3) is 0 Å². The van der Waals surface area contributed by atoms with E-state index in [2.05, 4.69) is 4.72 Å². The summed E-state index contributed by atoms with van der Waals surface area (Å²) in [5.41, 5.74) is 0.484. The van der Waals surface area contributed by atoms with Gasteiger partial charge in [-0.3, -0.25) is 10.1 Å². The molecule has 23 heavy (non-hydrogen) atoms. The standard InChI is InChI=1S/C15H15FN2O4S/c1-11-14(18(19)20)6-3-7-15(11)23(21,22)17-9-8-12-4-2-5-13(16)10-12/h2-7,10,17H,8-9H2,1H3. The molecule has 0 aliphatic rings. The summed E-state index contributed by atoms with van der Waals surface area (Å²) in [6, 6.07) is 9.76. The van der Waals surface area contributed by atoms with Crippen LogP contribution in [0.1, 0.15) is 11.1 Å². The second kappa shape index (κ2) is 6.84. The van der Waals surface area contributed by atoms with Crippen LogP contribution in [0.3, 0.4) is 0 Å². The van der Waals surface area contributed by atoms with Crippen LogP contribution in [-0.2, 0) is 16.4 Å². The molecule has 0 bridgehead atoms. The SMILES string of the molecule is Cc1c([N+](=O)[O-])cccc1S(=O)(=O)NCCc1cccc(F)c1. The first-order valence-corrected chi connectivity index (χ1v) is 8.27. The van der Waals surface area contributed by atoms with Gasteiger partial charge < -0.3 is 0 Å². The fourth-order valence-electron chi connectivity index (χ4n) is 2.19. The van der Waals surface area contributed by atoms with Gasteiger partial charge in [0.1, 0.15) is 5.82 Å². The van der Waals surface area contributed by atoms with Crippen LogP contribution in [-0.4, -0.2) is 19.9 Å². The van der Waals surface area contributed by atoms with Crippen molar-refractivity contribution in [2.24, 2.45) is 0 Å². The third-order valence-corrected chi connectivity index (χ3v) is 4.94. The lowest BCUT2D eigenvalue weighted by Crippen LogP contribution is -2.26. The second-order valence-electron chi connectivity index (χ2n) is 4.94. The van der Waals surface area contributed by atoms with Crippen molar-refractivity contribution < 1.29 is 17.7 Å². The van der Waals surface area contributed by atoms with Gasteiger partial charge >= 0.3 is 0 Å². The predicted molar refractivity (Wildman–Crippen MR) is 83.1 cm³/mol. The Labute approximate surface area is 133 Å². The number of nitro groups is 1. The van der Waals surface area contributed by atoms with E-state index in [1.165, 1.54) is 37.3 Å². The van der Waals surface area contributed by atoms with Crippen molar-refractivity contribution in [1.29, 1.82) is 0 Å². The molecule has 0 amide bonds. The van der Waals surface area contributed by atoms with Gasteiger partial charge in [0.25, 0.3) is 5.69 Å². The number of halogens is 1. The van der Waals surface area contributed by atoms with E-state index in [1.807, 2.05) is 0 Å². The van der Waals surface area contributed by atoms with Gasteiger partial charge in [-0.05, 0) is 37.1 Å². The van der Waals surface area contributed by atoms with Crippen LogP contribution in [0.15, 0.2) is 47.4 Å². The fourth-order valence-corrected chi connectivity index (χ4v) is 3.48. The maximum Gasteiger partial charge on any atom is 0.273 e. The molecule has 2 aromatic carbocycles. The normalized spacial score (nSPS) is 11.4. The van der Waals surface area contributed by atoms with Gasteiger partial charge in [0.15, 0.2) is 0 Å².